The molecule has 0 aliphatic rings. The zero-order valence-corrected chi connectivity index (χ0v) is 14.2. The van der Waals surface area contributed by atoms with E-state index in [1.165, 1.54) is 11.1 Å². The third-order valence-corrected chi connectivity index (χ3v) is 3.87. The summed E-state index contributed by atoms with van der Waals surface area (Å²) >= 11 is 0. The Labute approximate surface area is 124 Å². The van der Waals surface area contributed by atoms with Crippen LogP contribution in [0.2, 0.25) is 0 Å². The largest absolute Gasteiger partial charge is 0.496 e. The molecule has 0 aliphatic carbocycles. The molecule has 0 saturated heterocycles. The van der Waals surface area contributed by atoms with Crippen LogP contribution in [0, 0.1) is 5.41 Å². The van der Waals surface area contributed by atoms with E-state index in [0.29, 0.717) is 17.9 Å². The molecule has 2 N–H and O–H groups in total. The molecule has 114 valence electrons. The first kappa shape index (κ1) is 17.0. The van der Waals surface area contributed by atoms with Gasteiger partial charge in [-0.3, -0.25) is 0 Å². The monoisotopic (exact) mass is 277 g/mol. The van der Waals surface area contributed by atoms with Gasteiger partial charge in [-0.2, -0.15) is 0 Å². The summed E-state index contributed by atoms with van der Waals surface area (Å²) in [5.74, 6) is 1.26. The van der Waals surface area contributed by atoms with Crippen molar-refractivity contribution in [2.75, 3.05) is 13.7 Å². The van der Waals surface area contributed by atoms with Crippen LogP contribution >= 0.6 is 0 Å². The Kier molecular flexibility index (Phi) is 5.26. The number of hydrogen-bond acceptors (Lipinski definition) is 2. The Balaban J connectivity index is 3.20. The molecule has 1 rings (SSSR count). The van der Waals surface area contributed by atoms with Crippen LogP contribution in [0.3, 0.4) is 0 Å². The van der Waals surface area contributed by atoms with Crippen molar-refractivity contribution in [3.63, 3.8) is 0 Å². The zero-order chi connectivity index (χ0) is 15.6. The van der Waals surface area contributed by atoms with Gasteiger partial charge >= 0.3 is 0 Å². The fourth-order valence-corrected chi connectivity index (χ4v) is 3.10. The fraction of sp³-hybridized carbons (Fsp3) is 0.667. The van der Waals surface area contributed by atoms with Crippen LogP contribution in [-0.2, 0) is 5.41 Å². The number of methoxy groups -OCH3 is 1. The van der Waals surface area contributed by atoms with E-state index < -0.39 is 0 Å². The lowest BCUT2D eigenvalue weighted by Gasteiger charge is -2.33. The second kappa shape index (κ2) is 6.17. The van der Waals surface area contributed by atoms with Gasteiger partial charge in [0.15, 0.2) is 0 Å². The van der Waals surface area contributed by atoms with Crippen molar-refractivity contribution in [1.29, 1.82) is 0 Å². The van der Waals surface area contributed by atoms with Crippen LogP contribution in [0.4, 0.5) is 0 Å². The van der Waals surface area contributed by atoms with E-state index in [0.717, 1.165) is 12.2 Å². The summed E-state index contributed by atoms with van der Waals surface area (Å²) in [4.78, 5) is 0. The van der Waals surface area contributed by atoms with E-state index in [1.54, 1.807) is 7.11 Å². The molecule has 20 heavy (non-hydrogen) atoms. The van der Waals surface area contributed by atoms with E-state index in [1.807, 2.05) is 0 Å². The molecule has 1 unspecified atom stereocenters. The molecule has 0 heterocycles. The summed E-state index contributed by atoms with van der Waals surface area (Å²) in [5, 5.41) is 0. The van der Waals surface area contributed by atoms with Crippen LogP contribution in [0.25, 0.3) is 0 Å². The van der Waals surface area contributed by atoms with Gasteiger partial charge < -0.3 is 10.5 Å². The van der Waals surface area contributed by atoms with Crippen LogP contribution in [0.5, 0.6) is 5.75 Å². The SMILES string of the molecule is COc1ccc(C(C)(C)CC(C)(C)C)cc1C(C)CN. The molecule has 0 bridgehead atoms. The number of rotatable bonds is 5. The summed E-state index contributed by atoms with van der Waals surface area (Å²) in [7, 11) is 1.72. The molecule has 2 heteroatoms. The zero-order valence-electron chi connectivity index (χ0n) is 14.2. The van der Waals surface area contributed by atoms with Gasteiger partial charge in [-0.25, -0.2) is 0 Å². The third kappa shape index (κ3) is 4.24. The topological polar surface area (TPSA) is 35.2 Å². The van der Waals surface area contributed by atoms with E-state index in [9.17, 15) is 0 Å². The average molecular weight is 277 g/mol. The maximum Gasteiger partial charge on any atom is 0.122 e. The lowest BCUT2D eigenvalue weighted by Crippen LogP contribution is -2.25. The Morgan fingerprint density at radius 3 is 2.20 bits per heavy atom. The third-order valence-electron chi connectivity index (χ3n) is 3.87. The predicted octanol–water partition coefficient (Wildman–Crippen LogP) is 4.47. The van der Waals surface area contributed by atoms with Crippen molar-refractivity contribution in [3.05, 3.63) is 29.3 Å². The molecule has 0 spiro atoms. The second-order valence-corrected chi connectivity index (χ2v) is 7.71. The number of hydrogen-bond donors (Lipinski definition) is 1. The molecule has 0 aromatic heterocycles. The molecule has 1 atom stereocenters. The van der Waals surface area contributed by atoms with Crippen molar-refractivity contribution in [2.24, 2.45) is 11.1 Å². The summed E-state index contributed by atoms with van der Waals surface area (Å²) in [5.41, 5.74) is 8.87. The standard InChI is InChI=1S/C18H31NO/c1-13(11-19)15-10-14(8-9-16(15)20-7)18(5,6)12-17(2,3)4/h8-10,13H,11-12,19H2,1-7H3. The van der Waals surface area contributed by atoms with Gasteiger partial charge in [0, 0.05) is 0 Å². The highest BCUT2D eigenvalue weighted by Crippen LogP contribution is 2.38. The van der Waals surface area contributed by atoms with E-state index in [4.69, 9.17) is 10.5 Å². The second-order valence-electron chi connectivity index (χ2n) is 7.71. The lowest BCUT2D eigenvalue weighted by molar-refractivity contribution is 0.283. The maximum atomic E-state index is 5.83. The number of nitrogens with two attached hydrogens (primary N) is 1. The molecule has 0 saturated carbocycles. The highest BCUT2D eigenvalue weighted by molar-refractivity contribution is 5.42. The normalized spacial score (nSPS) is 14.2. The summed E-state index contributed by atoms with van der Waals surface area (Å²) in [6.45, 7) is 14.3. The highest BCUT2D eigenvalue weighted by Gasteiger charge is 2.28. The Hall–Kier alpha value is -1.02. The van der Waals surface area contributed by atoms with Crippen molar-refractivity contribution >= 4 is 0 Å². The van der Waals surface area contributed by atoms with Crippen LogP contribution in [0.15, 0.2) is 18.2 Å². The van der Waals surface area contributed by atoms with Gasteiger partial charge in [0.25, 0.3) is 0 Å². The quantitative estimate of drug-likeness (QED) is 0.861. The molecule has 1 aromatic carbocycles. The average Bonchev–Trinajstić information content (AvgIpc) is 2.34. The van der Waals surface area contributed by atoms with E-state index >= 15 is 0 Å². The highest BCUT2D eigenvalue weighted by atomic mass is 16.5. The smallest absolute Gasteiger partial charge is 0.122 e. The van der Waals surface area contributed by atoms with E-state index in [2.05, 4.69) is 59.7 Å². The minimum atomic E-state index is 0.146. The number of ether oxygens (including phenoxy) is 1. The fourth-order valence-electron chi connectivity index (χ4n) is 3.10. The van der Waals surface area contributed by atoms with Crippen molar-refractivity contribution in [3.8, 4) is 5.75 Å². The predicted molar refractivity (Wildman–Crippen MR) is 87.6 cm³/mol. The first-order valence-corrected chi connectivity index (χ1v) is 7.49. The van der Waals surface area contributed by atoms with Gasteiger partial charge in [-0.15, -0.1) is 0 Å². The first-order valence-electron chi connectivity index (χ1n) is 7.49. The van der Waals surface area contributed by atoms with Crippen LogP contribution in [0.1, 0.15) is 65.0 Å². The molecule has 0 radical (unpaired) electrons. The molecule has 2 nitrogen and oxygen atoms in total. The van der Waals surface area contributed by atoms with Crippen LogP contribution in [-0.4, -0.2) is 13.7 Å². The molecular weight excluding hydrogens is 246 g/mol. The number of benzene rings is 1. The molecular formula is C18H31NO. The lowest BCUT2D eigenvalue weighted by atomic mass is 9.72. The maximum absolute atomic E-state index is 5.83. The Morgan fingerprint density at radius 2 is 1.75 bits per heavy atom. The Bertz CT molecular complexity index is 443. The summed E-state index contributed by atoms with van der Waals surface area (Å²) in [6, 6.07) is 6.56. The molecule has 1 aromatic rings. The van der Waals surface area contributed by atoms with Gasteiger partial charge in [0.05, 0.1) is 7.11 Å². The van der Waals surface area contributed by atoms with Crippen molar-refractivity contribution in [2.45, 2.75) is 59.3 Å². The van der Waals surface area contributed by atoms with Gasteiger partial charge in [-0.1, -0.05) is 53.7 Å². The van der Waals surface area contributed by atoms with Gasteiger partial charge in [-0.05, 0) is 46.9 Å². The van der Waals surface area contributed by atoms with Crippen molar-refractivity contribution in [1.82, 2.24) is 0 Å². The van der Waals surface area contributed by atoms with Gasteiger partial charge in [0.1, 0.15) is 5.75 Å². The van der Waals surface area contributed by atoms with E-state index in [-0.39, 0.29) is 5.41 Å². The van der Waals surface area contributed by atoms with Gasteiger partial charge in [0.2, 0.25) is 0 Å². The summed E-state index contributed by atoms with van der Waals surface area (Å²) < 4.78 is 5.48. The molecule has 0 aliphatic heterocycles. The summed E-state index contributed by atoms with van der Waals surface area (Å²) in [6.07, 6.45) is 1.14. The minimum absolute atomic E-state index is 0.146. The van der Waals surface area contributed by atoms with Crippen LogP contribution < -0.4 is 10.5 Å². The first-order chi connectivity index (χ1) is 9.10. The Morgan fingerprint density at radius 1 is 1.15 bits per heavy atom. The molecule has 0 fully saturated rings. The minimum Gasteiger partial charge on any atom is -0.496 e. The van der Waals surface area contributed by atoms with Crippen molar-refractivity contribution < 1.29 is 4.74 Å². The molecule has 0 amide bonds.